The minimum atomic E-state index is -0.595. The number of aliphatic hydroxyl groups excluding tert-OH is 1. The minimum absolute atomic E-state index is 0.521. The molecule has 80 valence electrons. The van der Waals surface area contributed by atoms with E-state index in [9.17, 15) is 5.11 Å². The van der Waals surface area contributed by atoms with E-state index in [2.05, 4.69) is 0 Å². The summed E-state index contributed by atoms with van der Waals surface area (Å²) in [6, 6.07) is 5.56. The van der Waals surface area contributed by atoms with Gasteiger partial charge >= 0.3 is 0 Å². The van der Waals surface area contributed by atoms with Crippen molar-refractivity contribution in [2.24, 2.45) is 0 Å². The van der Waals surface area contributed by atoms with Crippen molar-refractivity contribution in [3.8, 4) is 0 Å². The Morgan fingerprint density at radius 2 is 2.20 bits per heavy atom. The fourth-order valence-corrected chi connectivity index (χ4v) is 1.50. The van der Waals surface area contributed by atoms with E-state index < -0.39 is 6.10 Å². The highest BCUT2D eigenvalue weighted by Gasteiger charge is 2.13. The van der Waals surface area contributed by atoms with Gasteiger partial charge in [-0.1, -0.05) is 6.92 Å². The van der Waals surface area contributed by atoms with E-state index in [0.717, 1.165) is 17.7 Å². The Morgan fingerprint density at radius 3 is 2.80 bits per heavy atom. The molecule has 1 unspecified atom stereocenters. The second-order valence-electron chi connectivity index (χ2n) is 3.51. The molecular weight excluding hydrogens is 192 g/mol. The molecule has 3 nitrogen and oxygen atoms in total. The molecule has 0 amide bonds. The van der Waals surface area contributed by atoms with Crippen LogP contribution in [-0.4, -0.2) is 5.11 Å². The maximum absolute atomic E-state index is 9.87. The number of hydrogen-bond acceptors (Lipinski definition) is 3. The predicted octanol–water partition coefficient (Wildman–Crippen LogP) is 2.71. The lowest BCUT2D eigenvalue weighted by atomic mass is 10.1. The van der Waals surface area contributed by atoms with Crippen LogP contribution in [0.3, 0.4) is 0 Å². The van der Waals surface area contributed by atoms with E-state index in [1.807, 2.05) is 25.1 Å². The first-order valence-corrected chi connectivity index (χ1v) is 5.07. The van der Waals surface area contributed by atoms with Crippen LogP contribution in [0.15, 0.2) is 39.6 Å². The SMILES string of the molecule is CCc1ccc(C(O)Cc2ccoc2)o1. The average molecular weight is 206 g/mol. The quantitative estimate of drug-likeness (QED) is 0.836. The van der Waals surface area contributed by atoms with Crippen molar-refractivity contribution in [3.63, 3.8) is 0 Å². The van der Waals surface area contributed by atoms with E-state index in [-0.39, 0.29) is 0 Å². The summed E-state index contributed by atoms with van der Waals surface area (Å²) in [5.41, 5.74) is 0.969. The Morgan fingerprint density at radius 1 is 1.33 bits per heavy atom. The van der Waals surface area contributed by atoms with E-state index in [0.29, 0.717) is 12.2 Å². The van der Waals surface area contributed by atoms with Crippen LogP contribution in [0, 0.1) is 0 Å². The van der Waals surface area contributed by atoms with Crippen LogP contribution in [-0.2, 0) is 12.8 Å². The maximum Gasteiger partial charge on any atom is 0.133 e. The van der Waals surface area contributed by atoms with Gasteiger partial charge in [-0.05, 0) is 23.8 Å². The molecule has 0 bridgehead atoms. The molecule has 1 atom stereocenters. The molecule has 1 N–H and O–H groups in total. The highest BCUT2D eigenvalue weighted by molar-refractivity contribution is 5.14. The molecule has 0 spiro atoms. The molecule has 2 rings (SSSR count). The van der Waals surface area contributed by atoms with E-state index in [4.69, 9.17) is 8.83 Å². The topological polar surface area (TPSA) is 46.5 Å². The summed E-state index contributed by atoms with van der Waals surface area (Å²) in [7, 11) is 0. The van der Waals surface area contributed by atoms with Gasteiger partial charge in [0.1, 0.15) is 17.6 Å². The summed E-state index contributed by atoms with van der Waals surface area (Å²) in [6.07, 6.45) is 4.00. The summed E-state index contributed by atoms with van der Waals surface area (Å²) in [4.78, 5) is 0. The molecule has 0 aliphatic heterocycles. The number of rotatable bonds is 4. The molecule has 0 aromatic carbocycles. The third kappa shape index (κ3) is 2.30. The zero-order chi connectivity index (χ0) is 10.7. The fraction of sp³-hybridized carbons (Fsp3) is 0.333. The van der Waals surface area contributed by atoms with Crippen molar-refractivity contribution in [1.29, 1.82) is 0 Å². The first-order valence-electron chi connectivity index (χ1n) is 5.07. The van der Waals surface area contributed by atoms with Crippen molar-refractivity contribution in [2.75, 3.05) is 0 Å². The lowest BCUT2D eigenvalue weighted by Crippen LogP contribution is -1.99. The number of aryl methyl sites for hydroxylation is 1. The van der Waals surface area contributed by atoms with E-state index >= 15 is 0 Å². The van der Waals surface area contributed by atoms with Crippen LogP contribution in [0.25, 0.3) is 0 Å². The van der Waals surface area contributed by atoms with E-state index in [1.54, 1.807) is 12.5 Å². The van der Waals surface area contributed by atoms with Crippen molar-refractivity contribution in [1.82, 2.24) is 0 Å². The molecule has 0 fully saturated rings. The van der Waals surface area contributed by atoms with Crippen LogP contribution in [0.1, 0.15) is 30.1 Å². The van der Waals surface area contributed by atoms with Crippen molar-refractivity contribution in [2.45, 2.75) is 25.9 Å². The Balaban J connectivity index is 2.04. The second-order valence-corrected chi connectivity index (χ2v) is 3.51. The van der Waals surface area contributed by atoms with Gasteiger partial charge in [-0.2, -0.15) is 0 Å². The molecule has 0 radical (unpaired) electrons. The van der Waals surface area contributed by atoms with Gasteiger partial charge in [0.05, 0.1) is 12.5 Å². The summed E-state index contributed by atoms with van der Waals surface area (Å²) in [6.45, 7) is 2.02. The smallest absolute Gasteiger partial charge is 0.133 e. The van der Waals surface area contributed by atoms with Crippen LogP contribution in [0.5, 0.6) is 0 Å². The van der Waals surface area contributed by atoms with Gasteiger partial charge in [0, 0.05) is 12.8 Å². The zero-order valence-electron chi connectivity index (χ0n) is 8.64. The molecule has 2 aromatic heterocycles. The van der Waals surface area contributed by atoms with Gasteiger partial charge in [0.25, 0.3) is 0 Å². The van der Waals surface area contributed by atoms with Crippen LogP contribution in [0.4, 0.5) is 0 Å². The maximum atomic E-state index is 9.87. The number of furan rings is 2. The lowest BCUT2D eigenvalue weighted by Gasteiger charge is -2.05. The molecule has 0 saturated heterocycles. The third-order valence-electron chi connectivity index (χ3n) is 2.37. The number of aliphatic hydroxyl groups is 1. The fourth-order valence-electron chi connectivity index (χ4n) is 1.50. The highest BCUT2D eigenvalue weighted by atomic mass is 16.4. The Hall–Kier alpha value is -1.48. The summed E-state index contributed by atoms with van der Waals surface area (Å²) in [5, 5.41) is 9.87. The minimum Gasteiger partial charge on any atom is -0.472 e. The molecule has 15 heavy (non-hydrogen) atoms. The third-order valence-corrected chi connectivity index (χ3v) is 2.37. The molecule has 0 aliphatic carbocycles. The van der Waals surface area contributed by atoms with Crippen molar-refractivity contribution in [3.05, 3.63) is 47.8 Å². The summed E-state index contributed by atoms with van der Waals surface area (Å²) in [5.74, 6) is 1.52. The van der Waals surface area contributed by atoms with Gasteiger partial charge in [-0.3, -0.25) is 0 Å². The van der Waals surface area contributed by atoms with Crippen LogP contribution >= 0.6 is 0 Å². The average Bonchev–Trinajstić information content (AvgIpc) is 2.86. The van der Waals surface area contributed by atoms with Gasteiger partial charge < -0.3 is 13.9 Å². The predicted molar refractivity (Wildman–Crippen MR) is 55.5 cm³/mol. The van der Waals surface area contributed by atoms with Gasteiger partial charge in [0.15, 0.2) is 0 Å². The highest BCUT2D eigenvalue weighted by Crippen LogP contribution is 2.21. The number of hydrogen-bond donors (Lipinski definition) is 1. The standard InChI is InChI=1S/C12H14O3/c1-2-10-3-4-12(15-10)11(13)7-9-5-6-14-8-9/h3-6,8,11,13H,2,7H2,1H3. The van der Waals surface area contributed by atoms with Crippen molar-refractivity contribution >= 4 is 0 Å². The largest absolute Gasteiger partial charge is 0.472 e. The lowest BCUT2D eigenvalue weighted by molar-refractivity contribution is 0.148. The molecule has 0 saturated carbocycles. The van der Waals surface area contributed by atoms with Crippen LogP contribution in [0.2, 0.25) is 0 Å². The molecule has 2 heterocycles. The molecular formula is C12H14O3. The Kier molecular flexibility index (Phi) is 2.92. The van der Waals surface area contributed by atoms with Gasteiger partial charge in [-0.25, -0.2) is 0 Å². The van der Waals surface area contributed by atoms with E-state index in [1.165, 1.54) is 0 Å². The zero-order valence-corrected chi connectivity index (χ0v) is 8.64. The first kappa shape index (κ1) is 10.1. The van der Waals surface area contributed by atoms with Gasteiger partial charge in [0.2, 0.25) is 0 Å². The molecule has 3 heteroatoms. The molecule has 0 aliphatic rings. The monoisotopic (exact) mass is 206 g/mol. The Labute approximate surface area is 88.3 Å². The summed E-state index contributed by atoms with van der Waals surface area (Å²) >= 11 is 0. The first-order chi connectivity index (χ1) is 7.29. The van der Waals surface area contributed by atoms with Crippen molar-refractivity contribution < 1.29 is 13.9 Å². The van der Waals surface area contributed by atoms with Gasteiger partial charge in [-0.15, -0.1) is 0 Å². The normalized spacial score (nSPS) is 12.9. The van der Waals surface area contributed by atoms with Crippen LogP contribution < -0.4 is 0 Å². The molecule has 2 aromatic rings. The summed E-state index contributed by atoms with van der Waals surface area (Å²) < 4.78 is 10.4. The second kappa shape index (κ2) is 4.36. The Bertz CT molecular complexity index is 400.